The average molecular weight is 405 g/mol. The van der Waals surface area contributed by atoms with Gasteiger partial charge in [-0.05, 0) is 36.3 Å². The van der Waals surface area contributed by atoms with E-state index in [-0.39, 0.29) is 18.9 Å². The Labute approximate surface area is 162 Å². The largest absolute Gasteiger partial charge is 0.461 e. The molecule has 2 aromatic carbocycles. The number of benzene rings is 2. The fourth-order valence-corrected chi connectivity index (χ4v) is 3.91. The molecule has 0 aliphatic carbocycles. The van der Waals surface area contributed by atoms with Crippen molar-refractivity contribution >= 4 is 39.2 Å². The summed E-state index contributed by atoms with van der Waals surface area (Å²) in [4.78, 5) is 12.1. The highest BCUT2D eigenvalue weighted by molar-refractivity contribution is 7.88. The van der Waals surface area contributed by atoms with Crippen molar-refractivity contribution < 1.29 is 17.9 Å². The van der Waals surface area contributed by atoms with E-state index < -0.39 is 16.2 Å². The second kappa shape index (κ2) is 7.94. The summed E-state index contributed by atoms with van der Waals surface area (Å²) in [5, 5.41) is 0.520. The van der Waals surface area contributed by atoms with Crippen molar-refractivity contribution in [3.63, 3.8) is 0 Å². The van der Waals surface area contributed by atoms with Crippen LogP contribution in [0.3, 0.4) is 0 Å². The Balaban J connectivity index is 2.08. The Kier molecular flexibility index (Phi) is 5.62. The molecule has 0 bridgehead atoms. The van der Waals surface area contributed by atoms with Gasteiger partial charge >= 0.3 is 16.2 Å². The molecule has 0 amide bonds. The molecular formula is C19H17ClN2O4S. The molecule has 0 atom stereocenters. The van der Waals surface area contributed by atoms with Crippen LogP contribution in [0.5, 0.6) is 0 Å². The molecule has 0 spiro atoms. The third kappa shape index (κ3) is 4.37. The lowest BCUT2D eigenvalue weighted by atomic mass is 10.1. The molecule has 0 saturated carbocycles. The number of halogens is 1. The smallest absolute Gasteiger partial charge is 0.357 e. The SMILES string of the molecule is CCOC(=O)C1=NS(=O)(=O)N(Cc2ccccc2)C(c2ccc(Cl)cc2)=C1. The zero-order chi connectivity index (χ0) is 19.4. The number of rotatable bonds is 5. The summed E-state index contributed by atoms with van der Waals surface area (Å²) in [5.74, 6) is -0.785. The Morgan fingerprint density at radius 2 is 1.78 bits per heavy atom. The fraction of sp³-hybridized carbons (Fsp3) is 0.158. The first-order valence-electron chi connectivity index (χ1n) is 8.22. The van der Waals surface area contributed by atoms with Crippen molar-refractivity contribution in [3.8, 4) is 0 Å². The maximum absolute atomic E-state index is 12.8. The molecule has 27 heavy (non-hydrogen) atoms. The molecule has 1 heterocycles. The van der Waals surface area contributed by atoms with Gasteiger partial charge in [-0.1, -0.05) is 54.1 Å². The van der Waals surface area contributed by atoms with Gasteiger partial charge in [-0.15, -0.1) is 4.40 Å². The van der Waals surface area contributed by atoms with Crippen molar-refractivity contribution in [1.29, 1.82) is 0 Å². The van der Waals surface area contributed by atoms with Gasteiger partial charge in [0.15, 0.2) is 5.71 Å². The molecule has 0 fully saturated rings. The lowest BCUT2D eigenvalue weighted by molar-refractivity contribution is -0.134. The number of nitrogens with zero attached hydrogens (tertiary/aromatic N) is 2. The van der Waals surface area contributed by atoms with Crippen LogP contribution >= 0.6 is 11.6 Å². The van der Waals surface area contributed by atoms with E-state index in [1.54, 1.807) is 31.2 Å². The first-order valence-corrected chi connectivity index (χ1v) is 9.99. The minimum atomic E-state index is -4.12. The van der Waals surface area contributed by atoms with Crippen molar-refractivity contribution in [3.05, 3.63) is 76.8 Å². The van der Waals surface area contributed by atoms with Crippen LogP contribution in [0.2, 0.25) is 5.02 Å². The normalized spacial score (nSPS) is 15.7. The van der Waals surface area contributed by atoms with Crippen LogP contribution in [0.4, 0.5) is 0 Å². The first-order chi connectivity index (χ1) is 12.9. The summed E-state index contributed by atoms with van der Waals surface area (Å²) < 4.78 is 35.4. The second-order valence-corrected chi connectivity index (χ2v) is 7.66. The molecule has 0 saturated heterocycles. The number of ether oxygens (including phenoxy) is 1. The van der Waals surface area contributed by atoms with Gasteiger partial charge in [0, 0.05) is 5.02 Å². The number of esters is 1. The summed E-state index contributed by atoms with van der Waals surface area (Å²) in [7, 11) is -4.12. The molecule has 2 aromatic rings. The van der Waals surface area contributed by atoms with E-state index in [1.807, 2.05) is 30.3 Å². The zero-order valence-electron chi connectivity index (χ0n) is 14.5. The van der Waals surface area contributed by atoms with Crippen molar-refractivity contribution in [1.82, 2.24) is 4.31 Å². The van der Waals surface area contributed by atoms with E-state index in [9.17, 15) is 13.2 Å². The third-order valence-electron chi connectivity index (χ3n) is 3.83. The average Bonchev–Trinajstić information content (AvgIpc) is 2.65. The quantitative estimate of drug-likeness (QED) is 0.715. The van der Waals surface area contributed by atoms with Crippen LogP contribution < -0.4 is 0 Å². The predicted octanol–water partition coefficient (Wildman–Crippen LogP) is 3.45. The molecule has 1 aliphatic heterocycles. The van der Waals surface area contributed by atoms with Gasteiger partial charge in [0.05, 0.1) is 18.8 Å². The summed E-state index contributed by atoms with van der Waals surface area (Å²) in [6, 6.07) is 15.8. The van der Waals surface area contributed by atoms with Crippen LogP contribution in [0.1, 0.15) is 18.1 Å². The van der Waals surface area contributed by atoms with Crippen LogP contribution in [0.25, 0.3) is 5.70 Å². The molecular weight excluding hydrogens is 388 g/mol. The standard InChI is InChI=1S/C19H17ClN2O4S/c1-2-26-19(23)17-12-18(15-8-10-16(20)11-9-15)22(27(24,25)21-17)13-14-6-4-3-5-7-14/h3-12H,2,13H2,1H3. The minimum absolute atomic E-state index is 0.0806. The molecule has 0 N–H and O–H groups in total. The highest BCUT2D eigenvalue weighted by Crippen LogP contribution is 2.30. The number of hydrogen-bond acceptors (Lipinski definition) is 4. The molecule has 8 heteroatoms. The van der Waals surface area contributed by atoms with Gasteiger partial charge in [-0.3, -0.25) is 0 Å². The number of carbonyl (C=O) groups excluding carboxylic acids is 1. The molecule has 0 unspecified atom stereocenters. The van der Waals surface area contributed by atoms with Crippen molar-refractivity contribution in [2.45, 2.75) is 13.5 Å². The topological polar surface area (TPSA) is 76.0 Å². The maximum Gasteiger partial charge on any atom is 0.357 e. The lowest BCUT2D eigenvalue weighted by Crippen LogP contribution is -2.34. The second-order valence-electron chi connectivity index (χ2n) is 5.70. The molecule has 1 aliphatic rings. The molecule has 3 rings (SSSR count). The Hall–Kier alpha value is -2.64. The molecule has 140 valence electrons. The van der Waals surface area contributed by atoms with Crippen LogP contribution in [-0.2, 0) is 26.3 Å². The van der Waals surface area contributed by atoms with E-state index in [1.165, 1.54) is 6.08 Å². The van der Waals surface area contributed by atoms with E-state index in [2.05, 4.69) is 4.40 Å². The lowest BCUT2D eigenvalue weighted by Gasteiger charge is -2.28. The maximum atomic E-state index is 12.8. The van der Waals surface area contributed by atoms with Crippen LogP contribution in [-0.4, -0.2) is 31.0 Å². The zero-order valence-corrected chi connectivity index (χ0v) is 16.1. The van der Waals surface area contributed by atoms with Gasteiger partial charge < -0.3 is 4.74 Å². The van der Waals surface area contributed by atoms with Crippen molar-refractivity contribution in [2.75, 3.05) is 6.61 Å². The summed E-state index contributed by atoms with van der Waals surface area (Å²) >= 11 is 5.94. The highest BCUT2D eigenvalue weighted by Gasteiger charge is 2.32. The van der Waals surface area contributed by atoms with Crippen LogP contribution in [0, 0.1) is 0 Å². The number of hydrogen-bond donors (Lipinski definition) is 0. The first kappa shape index (κ1) is 19.1. The molecule has 6 nitrogen and oxygen atoms in total. The van der Waals surface area contributed by atoms with Crippen LogP contribution in [0.15, 0.2) is 65.1 Å². The van der Waals surface area contributed by atoms with E-state index in [0.717, 1.165) is 9.87 Å². The van der Waals surface area contributed by atoms with Gasteiger partial charge in [-0.25, -0.2) is 9.10 Å². The number of carbonyl (C=O) groups is 1. The minimum Gasteiger partial charge on any atom is -0.461 e. The molecule has 0 radical (unpaired) electrons. The van der Waals surface area contributed by atoms with Gasteiger partial charge in [0.2, 0.25) is 0 Å². The predicted molar refractivity (Wildman–Crippen MR) is 104 cm³/mol. The summed E-state index contributed by atoms with van der Waals surface area (Å²) in [6.45, 7) is 1.84. The fourth-order valence-electron chi connectivity index (χ4n) is 2.59. The van der Waals surface area contributed by atoms with E-state index >= 15 is 0 Å². The van der Waals surface area contributed by atoms with Gasteiger partial charge in [0.1, 0.15) is 0 Å². The Bertz CT molecular complexity index is 1000. The van der Waals surface area contributed by atoms with Crippen molar-refractivity contribution in [2.24, 2.45) is 4.40 Å². The Morgan fingerprint density at radius 3 is 2.41 bits per heavy atom. The Morgan fingerprint density at radius 1 is 1.11 bits per heavy atom. The monoisotopic (exact) mass is 404 g/mol. The van der Waals surface area contributed by atoms with Gasteiger partial charge in [0.25, 0.3) is 0 Å². The van der Waals surface area contributed by atoms with Gasteiger partial charge in [-0.2, -0.15) is 8.42 Å². The highest BCUT2D eigenvalue weighted by atomic mass is 35.5. The van der Waals surface area contributed by atoms with E-state index in [4.69, 9.17) is 16.3 Å². The molecule has 0 aromatic heterocycles. The summed E-state index contributed by atoms with van der Waals surface area (Å²) in [5.41, 5.74) is 1.45. The van der Waals surface area contributed by atoms with E-state index in [0.29, 0.717) is 16.3 Å². The third-order valence-corrected chi connectivity index (χ3v) is 5.39. The summed E-state index contributed by atoms with van der Waals surface area (Å²) in [6.07, 6.45) is 1.42.